The first kappa shape index (κ1) is 15.0. The molecule has 0 saturated heterocycles. The van der Waals surface area contributed by atoms with Crippen molar-refractivity contribution >= 4 is 0 Å². The summed E-state index contributed by atoms with van der Waals surface area (Å²) >= 11 is 0. The van der Waals surface area contributed by atoms with Crippen molar-refractivity contribution in [1.29, 1.82) is 0 Å². The maximum atomic E-state index is 2.49. The fourth-order valence-corrected chi connectivity index (χ4v) is 2.41. The lowest BCUT2D eigenvalue weighted by atomic mass is 9.72. The van der Waals surface area contributed by atoms with E-state index in [1.54, 1.807) is 0 Å². The molecule has 0 spiro atoms. The summed E-state index contributed by atoms with van der Waals surface area (Å²) in [5.41, 5.74) is 0.596. The second-order valence-corrected chi connectivity index (χ2v) is 5.83. The molecule has 0 aliphatic rings. The van der Waals surface area contributed by atoms with Gasteiger partial charge in [0.1, 0.15) is 0 Å². The molecule has 92 valence electrons. The van der Waals surface area contributed by atoms with Crippen LogP contribution in [0.25, 0.3) is 0 Å². The fraction of sp³-hybridized carbons (Fsp3) is 1.00. The van der Waals surface area contributed by atoms with Gasteiger partial charge < -0.3 is 0 Å². The van der Waals surface area contributed by atoms with Crippen LogP contribution in [-0.4, -0.2) is 0 Å². The summed E-state index contributed by atoms with van der Waals surface area (Å²) in [6.07, 6.45) is 8.24. The van der Waals surface area contributed by atoms with E-state index in [9.17, 15) is 0 Å². The molecule has 0 aliphatic heterocycles. The first-order valence-corrected chi connectivity index (χ1v) is 6.99. The van der Waals surface area contributed by atoms with E-state index in [0.29, 0.717) is 5.41 Å². The van der Waals surface area contributed by atoms with Crippen molar-refractivity contribution in [2.75, 3.05) is 0 Å². The van der Waals surface area contributed by atoms with Crippen LogP contribution in [0.1, 0.15) is 80.1 Å². The third kappa shape index (κ3) is 5.58. The molecule has 0 amide bonds. The van der Waals surface area contributed by atoms with Gasteiger partial charge in [-0.1, -0.05) is 67.2 Å². The summed E-state index contributed by atoms with van der Waals surface area (Å²) in [4.78, 5) is 0. The molecule has 0 radical (unpaired) electrons. The van der Waals surface area contributed by atoms with Gasteiger partial charge in [0.15, 0.2) is 0 Å². The highest BCUT2D eigenvalue weighted by atomic mass is 14.3. The van der Waals surface area contributed by atoms with Crippen molar-refractivity contribution < 1.29 is 0 Å². The third-order valence-corrected chi connectivity index (χ3v) is 4.42. The molecule has 0 aliphatic carbocycles. The third-order valence-electron chi connectivity index (χ3n) is 4.42. The van der Waals surface area contributed by atoms with E-state index < -0.39 is 0 Å². The Kier molecular flexibility index (Phi) is 7.30. The highest BCUT2D eigenvalue weighted by Crippen LogP contribution is 2.37. The van der Waals surface area contributed by atoms with E-state index in [1.165, 1.54) is 38.5 Å². The van der Waals surface area contributed by atoms with E-state index >= 15 is 0 Å². The van der Waals surface area contributed by atoms with Gasteiger partial charge in [0.05, 0.1) is 0 Å². The maximum Gasteiger partial charge on any atom is -0.0326 e. The molecule has 0 nitrogen and oxygen atoms in total. The van der Waals surface area contributed by atoms with Crippen LogP contribution in [0.15, 0.2) is 0 Å². The van der Waals surface area contributed by atoms with Gasteiger partial charge in [-0.3, -0.25) is 0 Å². The molecular weight excluding hydrogens is 180 g/mol. The van der Waals surface area contributed by atoms with Crippen LogP contribution >= 0.6 is 0 Å². The SMILES string of the molecule is CCCCC(C)(CC)CC(C)C(C)CC. The fourth-order valence-electron chi connectivity index (χ4n) is 2.41. The molecule has 3 atom stereocenters. The lowest BCUT2D eigenvalue weighted by Crippen LogP contribution is -2.22. The molecule has 0 rings (SSSR count). The number of hydrogen-bond acceptors (Lipinski definition) is 0. The lowest BCUT2D eigenvalue weighted by Gasteiger charge is -2.33. The summed E-state index contributed by atoms with van der Waals surface area (Å²) < 4.78 is 0. The first-order valence-electron chi connectivity index (χ1n) is 6.99. The van der Waals surface area contributed by atoms with E-state index in [2.05, 4.69) is 41.5 Å². The minimum Gasteiger partial charge on any atom is -0.0654 e. The van der Waals surface area contributed by atoms with Crippen molar-refractivity contribution in [3.05, 3.63) is 0 Å². The predicted octanol–water partition coefficient (Wildman–Crippen LogP) is 5.67. The highest BCUT2D eigenvalue weighted by molar-refractivity contribution is 4.77. The minimum atomic E-state index is 0.596. The Morgan fingerprint density at radius 3 is 2.00 bits per heavy atom. The zero-order valence-corrected chi connectivity index (χ0v) is 11.9. The summed E-state index contributed by atoms with van der Waals surface area (Å²) in [6, 6.07) is 0. The molecule has 0 bridgehead atoms. The van der Waals surface area contributed by atoms with Crippen LogP contribution in [0.5, 0.6) is 0 Å². The molecule has 0 aromatic heterocycles. The van der Waals surface area contributed by atoms with E-state index in [4.69, 9.17) is 0 Å². The standard InChI is InChI=1S/C15H32/c1-7-10-11-15(6,9-3)12-14(5)13(4)8-2/h13-14H,7-12H2,1-6H3. The monoisotopic (exact) mass is 212 g/mol. The van der Waals surface area contributed by atoms with Gasteiger partial charge in [-0.05, 0) is 30.1 Å². The Bertz CT molecular complexity index is 150. The quantitative estimate of drug-likeness (QED) is 0.486. The van der Waals surface area contributed by atoms with Crippen LogP contribution in [-0.2, 0) is 0 Å². The summed E-state index contributed by atoms with van der Waals surface area (Å²) in [5.74, 6) is 1.77. The van der Waals surface area contributed by atoms with Crippen molar-refractivity contribution in [2.45, 2.75) is 80.1 Å². The molecule has 0 aromatic rings. The molecule has 0 heteroatoms. The van der Waals surface area contributed by atoms with Crippen LogP contribution in [0.2, 0.25) is 0 Å². The van der Waals surface area contributed by atoms with Crippen LogP contribution in [0.4, 0.5) is 0 Å². The average Bonchev–Trinajstić information content (AvgIpc) is 2.25. The summed E-state index contributed by atoms with van der Waals surface area (Å²) in [7, 11) is 0. The number of hydrogen-bond donors (Lipinski definition) is 0. The Morgan fingerprint density at radius 1 is 1.00 bits per heavy atom. The van der Waals surface area contributed by atoms with E-state index in [0.717, 1.165) is 11.8 Å². The van der Waals surface area contributed by atoms with Gasteiger partial charge >= 0.3 is 0 Å². The topological polar surface area (TPSA) is 0 Å². The van der Waals surface area contributed by atoms with Crippen molar-refractivity contribution in [2.24, 2.45) is 17.3 Å². The van der Waals surface area contributed by atoms with E-state index in [-0.39, 0.29) is 0 Å². The molecular formula is C15H32. The Labute approximate surface area is 97.8 Å². The molecule has 0 heterocycles. The van der Waals surface area contributed by atoms with Gasteiger partial charge in [-0.25, -0.2) is 0 Å². The van der Waals surface area contributed by atoms with Crippen molar-refractivity contribution in [3.63, 3.8) is 0 Å². The normalized spacial score (nSPS) is 19.6. The molecule has 0 saturated carbocycles. The Hall–Kier alpha value is 0. The van der Waals surface area contributed by atoms with Gasteiger partial charge in [-0.2, -0.15) is 0 Å². The van der Waals surface area contributed by atoms with Gasteiger partial charge in [0, 0.05) is 0 Å². The summed E-state index contributed by atoms with van der Waals surface area (Å²) in [5, 5.41) is 0. The predicted molar refractivity (Wildman–Crippen MR) is 71.2 cm³/mol. The largest absolute Gasteiger partial charge is 0.0654 e. The smallest absolute Gasteiger partial charge is 0.0326 e. The highest BCUT2D eigenvalue weighted by Gasteiger charge is 2.25. The van der Waals surface area contributed by atoms with Gasteiger partial charge in [0.2, 0.25) is 0 Å². The van der Waals surface area contributed by atoms with Crippen molar-refractivity contribution in [3.8, 4) is 0 Å². The maximum absolute atomic E-state index is 2.49. The van der Waals surface area contributed by atoms with Gasteiger partial charge in [0.25, 0.3) is 0 Å². The zero-order chi connectivity index (χ0) is 11.9. The Morgan fingerprint density at radius 2 is 1.60 bits per heavy atom. The molecule has 0 N–H and O–H groups in total. The zero-order valence-electron chi connectivity index (χ0n) is 11.9. The number of unbranched alkanes of at least 4 members (excludes halogenated alkanes) is 1. The molecule has 3 unspecified atom stereocenters. The second-order valence-electron chi connectivity index (χ2n) is 5.83. The van der Waals surface area contributed by atoms with Crippen LogP contribution < -0.4 is 0 Å². The molecule has 0 aromatic carbocycles. The lowest BCUT2D eigenvalue weighted by molar-refractivity contribution is 0.181. The van der Waals surface area contributed by atoms with Gasteiger partial charge in [-0.15, -0.1) is 0 Å². The first-order chi connectivity index (χ1) is 6.99. The van der Waals surface area contributed by atoms with E-state index in [1.807, 2.05) is 0 Å². The number of rotatable bonds is 8. The van der Waals surface area contributed by atoms with Crippen LogP contribution in [0.3, 0.4) is 0 Å². The second kappa shape index (κ2) is 7.30. The minimum absolute atomic E-state index is 0.596. The molecule has 0 fully saturated rings. The summed E-state index contributed by atoms with van der Waals surface area (Å²) in [6.45, 7) is 14.3. The molecule has 15 heavy (non-hydrogen) atoms. The Balaban J connectivity index is 4.16. The van der Waals surface area contributed by atoms with Crippen LogP contribution in [0, 0.1) is 17.3 Å². The van der Waals surface area contributed by atoms with Crippen molar-refractivity contribution in [1.82, 2.24) is 0 Å². The average molecular weight is 212 g/mol.